The van der Waals surface area contributed by atoms with Crippen molar-refractivity contribution in [2.24, 2.45) is 0 Å². The molecule has 0 fully saturated rings. The maximum absolute atomic E-state index is 8.64. The molecule has 0 atom stereocenters. The van der Waals surface area contributed by atoms with Crippen LogP contribution < -0.4 is 0 Å². The standard InChI is InChI=1S/C10H9N/c1-3-9-6-8(2)4-5-10(9)7-11/h3-6H,1H2,2H3. The Morgan fingerprint density at radius 1 is 1.55 bits per heavy atom. The number of aryl methyl sites for hydroxylation is 1. The average Bonchev–Trinajstić information content (AvgIpc) is 2.04. The van der Waals surface area contributed by atoms with Gasteiger partial charge in [0, 0.05) is 0 Å². The van der Waals surface area contributed by atoms with Crippen LogP contribution in [0.15, 0.2) is 24.8 Å². The topological polar surface area (TPSA) is 23.8 Å². The highest BCUT2D eigenvalue weighted by atomic mass is 14.2. The molecule has 1 rings (SSSR count). The molecule has 1 nitrogen and oxygen atoms in total. The zero-order valence-electron chi connectivity index (χ0n) is 6.46. The summed E-state index contributed by atoms with van der Waals surface area (Å²) in [5.41, 5.74) is 2.75. The van der Waals surface area contributed by atoms with E-state index in [0.29, 0.717) is 5.56 Å². The van der Waals surface area contributed by atoms with E-state index in [1.54, 1.807) is 6.08 Å². The summed E-state index contributed by atoms with van der Waals surface area (Å²) in [5, 5.41) is 8.64. The van der Waals surface area contributed by atoms with Crippen LogP contribution in [0.4, 0.5) is 0 Å². The average molecular weight is 143 g/mol. The fraction of sp³-hybridized carbons (Fsp3) is 0.100. The maximum atomic E-state index is 8.64. The Bertz CT molecular complexity index is 318. The summed E-state index contributed by atoms with van der Waals surface area (Å²) < 4.78 is 0. The van der Waals surface area contributed by atoms with Crippen molar-refractivity contribution in [2.75, 3.05) is 0 Å². The third-order valence-electron chi connectivity index (χ3n) is 1.55. The summed E-state index contributed by atoms with van der Waals surface area (Å²) in [6, 6.07) is 7.79. The Labute approximate surface area is 66.6 Å². The number of nitrogens with zero attached hydrogens (tertiary/aromatic N) is 1. The van der Waals surface area contributed by atoms with Crippen molar-refractivity contribution in [3.63, 3.8) is 0 Å². The second-order valence-corrected chi connectivity index (χ2v) is 2.41. The van der Waals surface area contributed by atoms with E-state index in [2.05, 4.69) is 12.6 Å². The van der Waals surface area contributed by atoms with Crippen molar-refractivity contribution in [3.05, 3.63) is 41.5 Å². The summed E-state index contributed by atoms with van der Waals surface area (Å²) in [6.45, 7) is 5.62. The molecular weight excluding hydrogens is 134 g/mol. The molecule has 0 N–H and O–H groups in total. The molecule has 0 heterocycles. The minimum atomic E-state index is 0.686. The fourth-order valence-corrected chi connectivity index (χ4v) is 0.953. The first-order valence-electron chi connectivity index (χ1n) is 3.41. The van der Waals surface area contributed by atoms with Crippen LogP contribution in [0.1, 0.15) is 16.7 Å². The summed E-state index contributed by atoms with van der Waals surface area (Å²) >= 11 is 0. The smallest absolute Gasteiger partial charge is 0.0997 e. The van der Waals surface area contributed by atoms with Crippen LogP contribution in [0.3, 0.4) is 0 Å². The van der Waals surface area contributed by atoms with E-state index >= 15 is 0 Å². The minimum Gasteiger partial charge on any atom is -0.192 e. The van der Waals surface area contributed by atoms with Crippen molar-refractivity contribution in [2.45, 2.75) is 6.92 Å². The van der Waals surface area contributed by atoms with Gasteiger partial charge in [-0.25, -0.2) is 0 Å². The van der Waals surface area contributed by atoms with Crippen molar-refractivity contribution >= 4 is 6.08 Å². The Kier molecular flexibility index (Phi) is 2.08. The molecule has 1 heteroatoms. The first kappa shape index (κ1) is 7.56. The van der Waals surface area contributed by atoms with E-state index in [1.807, 2.05) is 25.1 Å². The molecule has 0 amide bonds. The van der Waals surface area contributed by atoms with E-state index in [0.717, 1.165) is 11.1 Å². The molecule has 0 aromatic heterocycles. The van der Waals surface area contributed by atoms with Crippen LogP contribution >= 0.6 is 0 Å². The lowest BCUT2D eigenvalue weighted by molar-refractivity contribution is 1.41. The van der Waals surface area contributed by atoms with Gasteiger partial charge in [-0.15, -0.1) is 0 Å². The van der Waals surface area contributed by atoms with Gasteiger partial charge in [-0.3, -0.25) is 0 Å². The Morgan fingerprint density at radius 2 is 2.27 bits per heavy atom. The largest absolute Gasteiger partial charge is 0.192 e. The first-order chi connectivity index (χ1) is 5.27. The van der Waals surface area contributed by atoms with Gasteiger partial charge in [0.2, 0.25) is 0 Å². The number of rotatable bonds is 1. The molecule has 11 heavy (non-hydrogen) atoms. The first-order valence-corrected chi connectivity index (χ1v) is 3.41. The van der Waals surface area contributed by atoms with E-state index in [1.165, 1.54) is 0 Å². The summed E-state index contributed by atoms with van der Waals surface area (Å²) in [7, 11) is 0. The van der Waals surface area contributed by atoms with Gasteiger partial charge in [0.15, 0.2) is 0 Å². The molecule has 54 valence electrons. The highest BCUT2D eigenvalue weighted by molar-refractivity contribution is 5.57. The molecule has 0 aliphatic heterocycles. The summed E-state index contributed by atoms with van der Waals surface area (Å²) in [6.07, 6.45) is 1.70. The maximum Gasteiger partial charge on any atom is 0.0997 e. The van der Waals surface area contributed by atoms with E-state index in [-0.39, 0.29) is 0 Å². The normalized spacial score (nSPS) is 8.73. The minimum absolute atomic E-state index is 0.686. The van der Waals surface area contributed by atoms with Crippen molar-refractivity contribution in [1.82, 2.24) is 0 Å². The van der Waals surface area contributed by atoms with Crippen molar-refractivity contribution in [1.29, 1.82) is 5.26 Å². The molecule has 0 aliphatic carbocycles. The predicted octanol–water partition coefficient (Wildman–Crippen LogP) is 2.51. The van der Waals surface area contributed by atoms with Gasteiger partial charge in [0.1, 0.15) is 0 Å². The van der Waals surface area contributed by atoms with Crippen LogP contribution in [0.2, 0.25) is 0 Å². The Balaban J connectivity index is 3.30. The highest BCUT2D eigenvalue weighted by Gasteiger charge is 1.96. The van der Waals surface area contributed by atoms with E-state index < -0.39 is 0 Å². The van der Waals surface area contributed by atoms with Gasteiger partial charge in [0.25, 0.3) is 0 Å². The van der Waals surface area contributed by atoms with Gasteiger partial charge >= 0.3 is 0 Å². The quantitative estimate of drug-likeness (QED) is 0.592. The van der Waals surface area contributed by atoms with Crippen LogP contribution in [0.5, 0.6) is 0 Å². The fourth-order valence-electron chi connectivity index (χ4n) is 0.953. The molecule has 0 radical (unpaired) electrons. The molecule has 0 bridgehead atoms. The Morgan fingerprint density at radius 3 is 2.82 bits per heavy atom. The third-order valence-corrected chi connectivity index (χ3v) is 1.55. The molecule has 0 aliphatic rings. The molecule has 1 aromatic rings. The highest BCUT2D eigenvalue weighted by Crippen LogP contribution is 2.11. The third kappa shape index (κ3) is 1.47. The molecule has 0 saturated carbocycles. The van der Waals surface area contributed by atoms with E-state index in [9.17, 15) is 0 Å². The second-order valence-electron chi connectivity index (χ2n) is 2.41. The predicted molar refractivity (Wildman–Crippen MR) is 46.0 cm³/mol. The monoisotopic (exact) mass is 143 g/mol. The molecular formula is C10H9N. The van der Waals surface area contributed by atoms with Crippen molar-refractivity contribution in [3.8, 4) is 6.07 Å². The molecule has 0 unspecified atom stereocenters. The van der Waals surface area contributed by atoms with Crippen LogP contribution in [-0.4, -0.2) is 0 Å². The summed E-state index contributed by atoms with van der Waals surface area (Å²) in [4.78, 5) is 0. The second kappa shape index (κ2) is 3.03. The molecule has 0 spiro atoms. The number of hydrogen-bond acceptors (Lipinski definition) is 1. The van der Waals surface area contributed by atoms with Crippen molar-refractivity contribution < 1.29 is 0 Å². The lowest BCUT2D eigenvalue weighted by Gasteiger charge is -1.97. The summed E-state index contributed by atoms with van der Waals surface area (Å²) in [5.74, 6) is 0. The van der Waals surface area contributed by atoms with Gasteiger partial charge in [-0.1, -0.05) is 30.4 Å². The Hall–Kier alpha value is -1.55. The zero-order chi connectivity index (χ0) is 8.27. The van der Waals surface area contributed by atoms with Crippen LogP contribution in [0.25, 0.3) is 6.08 Å². The van der Waals surface area contributed by atoms with Gasteiger partial charge in [-0.05, 0) is 18.6 Å². The van der Waals surface area contributed by atoms with Crippen LogP contribution in [0, 0.1) is 18.3 Å². The number of benzene rings is 1. The lowest BCUT2D eigenvalue weighted by atomic mass is 10.1. The SMILES string of the molecule is C=Cc1cc(C)ccc1C#N. The van der Waals surface area contributed by atoms with Crippen LogP contribution in [-0.2, 0) is 0 Å². The zero-order valence-corrected chi connectivity index (χ0v) is 6.46. The van der Waals surface area contributed by atoms with Gasteiger partial charge < -0.3 is 0 Å². The van der Waals surface area contributed by atoms with Gasteiger partial charge in [-0.2, -0.15) is 5.26 Å². The lowest BCUT2D eigenvalue weighted by Crippen LogP contribution is -1.82. The molecule has 0 saturated heterocycles. The van der Waals surface area contributed by atoms with Gasteiger partial charge in [0.05, 0.1) is 11.6 Å². The number of hydrogen-bond donors (Lipinski definition) is 0. The number of nitriles is 1. The molecule has 1 aromatic carbocycles. The van der Waals surface area contributed by atoms with E-state index in [4.69, 9.17) is 5.26 Å².